The lowest BCUT2D eigenvalue weighted by Crippen LogP contribution is -2.42. The van der Waals surface area contributed by atoms with Gasteiger partial charge in [-0.05, 0) is 49.2 Å². The molecule has 0 atom stereocenters. The van der Waals surface area contributed by atoms with Crippen LogP contribution in [0, 0.1) is 6.92 Å². The Labute approximate surface area is 201 Å². The van der Waals surface area contributed by atoms with E-state index in [0.29, 0.717) is 19.5 Å². The van der Waals surface area contributed by atoms with E-state index >= 15 is 0 Å². The van der Waals surface area contributed by atoms with Crippen LogP contribution >= 0.6 is 11.3 Å². The Bertz CT molecular complexity index is 1110. The lowest BCUT2D eigenvalue weighted by Gasteiger charge is -2.27. The number of carbonyl (C=O) groups is 2. The van der Waals surface area contributed by atoms with Crippen LogP contribution in [-0.4, -0.2) is 34.7 Å². The van der Waals surface area contributed by atoms with Gasteiger partial charge in [-0.3, -0.25) is 9.59 Å². The van der Waals surface area contributed by atoms with Gasteiger partial charge in [0.15, 0.2) is 0 Å². The van der Waals surface area contributed by atoms with Crippen LogP contribution in [0.1, 0.15) is 44.6 Å². The first-order chi connectivity index (χ1) is 16.2. The minimum absolute atomic E-state index is 0.0837. The molecule has 34 heavy (non-hydrogen) atoms. The maximum absolute atomic E-state index is 13.4. The SMILES string of the molecule is CCCN(CC(=O)N(Cc1ccccc1)Cc1ccc(C)s1)C(=O)c1cccc(C(F)(F)F)c1. The first-order valence-corrected chi connectivity index (χ1v) is 11.8. The molecule has 0 fully saturated rings. The molecule has 0 bridgehead atoms. The molecular formula is C26H27F3N2O2S. The van der Waals surface area contributed by atoms with E-state index in [4.69, 9.17) is 0 Å². The van der Waals surface area contributed by atoms with Crippen molar-refractivity contribution >= 4 is 23.2 Å². The third-order valence-electron chi connectivity index (χ3n) is 5.26. The molecule has 3 aromatic rings. The van der Waals surface area contributed by atoms with Crippen molar-refractivity contribution in [2.24, 2.45) is 0 Å². The number of thiophene rings is 1. The number of carbonyl (C=O) groups excluding carboxylic acids is 2. The van der Waals surface area contributed by atoms with Crippen LogP contribution in [0.3, 0.4) is 0 Å². The molecule has 8 heteroatoms. The molecule has 1 heterocycles. The number of benzene rings is 2. The number of aryl methyl sites for hydroxylation is 1. The van der Waals surface area contributed by atoms with Crippen LogP contribution in [0.5, 0.6) is 0 Å². The number of nitrogens with zero attached hydrogens (tertiary/aromatic N) is 2. The van der Waals surface area contributed by atoms with E-state index in [1.165, 1.54) is 17.0 Å². The Morgan fingerprint density at radius 1 is 0.912 bits per heavy atom. The summed E-state index contributed by atoms with van der Waals surface area (Å²) in [6.07, 6.45) is -3.98. The molecule has 0 aliphatic heterocycles. The average molecular weight is 489 g/mol. The molecule has 4 nitrogen and oxygen atoms in total. The summed E-state index contributed by atoms with van der Waals surface area (Å²) in [7, 11) is 0. The predicted octanol–water partition coefficient (Wildman–Crippen LogP) is 6.16. The van der Waals surface area contributed by atoms with E-state index in [2.05, 4.69) is 0 Å². The van der Waals surface area contributed by atoms with Gasteiger partial charge in [-0.1, -0.05) is 43.3 Å². The van der Waals surface area contributed by atoms with E-state index in [0.717, 1.165) is 27.5 Å². The van der Waals surface area contributed by atoms with Gasteiger partial charge in [-0.15, -0.1) is 11.3 Å². The van der Waals surface area contributed by atoms with Gasteiger partial charge in [0.25, 0.3) is 5.91 Å². The highest BCUT2D eigenvalue weighted by Crippen LogP contribution is 2.30. The summed E-state index contributed by atoms with van der Waals surface area (Å²) >= 11 is 1.60. The minimum Gasteiger partial charge on any atom is -0.332 e. The molecule has 0 N–H and O–H groups in total. The van der Waals surface area contributed by atoms with Gasteiger partial charge < -0.3 is 9.80 Å². The lowest BCUT2D eigenvalue weighted by atomic mass is 10.1. The molecule has 0 saturated heterocycles. The molecule has 0 saturated carbocycles. The fraction of sp³-hybridized carbons (Fsp3) is 0.308. The van der Waals surface area contributed by atoms with Crippen molar-refractivity contribution in [2.75, 3.05) is 13.1 Å². The monoisotopic (exact) mass is 488 g/mol. The molecule has 2 aromatic carbocycles. The van der Waals surface area contributed by atoms with E-state index in [1.54, 1.807) is 16.2 Å². The predicted molar refractivity (Wildman–Crippen MR) is 127 cm³/mol. The smallest absolute Gasteiger partial charge is 0.332 e. The minimum atomic E-state index is -4.55. The molecule has 3 rings (SSSR count). The van der Waals surface area contributed by atoms with Crippen molar-refractivity contribution in [1.82, 2.24) is 9.80 Å². The Morgan fingerprint density at radius 2 is 1.65 bits per heavy atom. The number of rotatable bonds is 9. The summed E-state index contributed by atoms with van der Waals surface area (Å²) in [5, 5.41) is 0. The second-order valence-electron chi connectivity index (χ2n) is 8.05. The summed E-state index contributed by atoms with van der Waals surface area (Å²) in [5.41, 5.74) is -0.0187. The zero-order chi connectivity index (χ0) is 24.7. The highest BCUT2D eigenvalue weighted by Gasteiger charge is 2.31. The highest BCUT2D eigenvalue weighted by molar-refractivity contribution is 7.11. The van der Waals surface area contributed by atoms with Crippen molar-refractivity contribution in [3.8, 4) is 0 Å². The first-order valence-electron chi connectivity index (χ1n) is 11.0. The molecule has 0 radical (unpaired) electrons. The van der Waals surface area contributed by atoms with Gasteiger partial charge in [0.05, 0.1) is 12.1 Å². The summed E-state index contributed by atoms with van der Waals surface area (Å²) in [4.78, 5) is 31.6. The summed E-state index contributed by atoms with van der Waals surface area (Å²) in [6.45, 7) is 4.66. The Hall–Kier alpha value is -3.13. The third kappa shape index (κ3) is 6.93. The molecule has 0 aliphatic rings. The largest absolute Gasteiger partial charge is 0.416 e. The normalized spacial score (nSPS) is 11.3. The van der Waals surface area contributed by atoms with Gasteiger partial charge in [0, 0.05) is 28.4 Å². The molecule has 1 aromatic heterocycles. The standard InChI is InChI=1S/C26H27F3N2O2S/c1-3-14-30(25(33)21-10-7-11-22(15-21)26(27,28)29)18-24(32)31(16-20-8-5-4-6-9-20)17-23-13-12-19(2)34-23/h4-13,15H,3,14,16-18H2,1-2H3. The fourth-order valence-corrected chi connectivity index (χ4v) is 4.50. The van der Waals surface area contributed by atoms with E-state index in [9.17, 15) is 22.8 Å². The molecule has 0 spiro atoms. The number of alkyl halides is 3. The van der Waals surface area contributed by atoms with Crippen molar-refractivity contribution < 1.29 is 22.8 Å². The van der Waals surface area contributed by atoms with Gasteiger partial charge >= 0.3 is 6.18 Å². The van der Waals surface area contributed by atoms with Crippen LogP contribution in [0.2, 0.25) is 0 Å². The van der Waals surface area contributed by atoms with E-state index in [-0.39, 0.29) is 24.6 Å². The van der Waals surface area contributed by atoms with Crippen molar-refractivity contribution in [3.63, 3.8) is 0 Å². The second kappa shape index (κ2) is 11.3. The molecule has 0 unspecified atom stereocenters. The molecular weight excluding hydrogens is 461 g/mol. The highest BCUT2D eigenvalue weighted by atomic mass is 32.1. The van der Waals surface area contributed by atoms with Crippen LogP contribution in [0.15, 0.2) is 66.7 Å². The van der Waals surface area contributed by atoms with Gasteiger partial charge in [0.1, 0.15) is 6.54 Å². The van der Waals surface area contributed by atoms with E-state index in [1.807, 2.05) is 56.3 Å². The Kier molecular flexibility index (Phi) is 8.50. The van der Waals surface area contributed by atoms with Crippen LogP contribution in [0.25, 0.3) is 0 Å². The quantitative estimate of drug-likeness (QED) is 0.362. The summed E-state index contributed by atoms with van der Waals surface area (Å²) < 4.78 is 39.4. The van der Waals surface area contributed by atoms with Crippen molar-refractivity contribution in [2.45, 2.75) is 39.5 Å². The van der Waals surface area contributed by atoms with Crippen LogP contribution in [0.4, 0.5) is 13.2 Å². The van der Waals surface area contributed by atoms with Crippen molar-refractivity contribution in [3.05, 3.63) is 93.2 Å². The number of hydrogen-bond acceptors (Lipinski definition) is 3. The van der Waals surface area contributed by atoms with Crippen molar-refractivity contribution in [1.29, 1.82) is 0 Å². The van der Waals surface area contributed by atoms with Crippen LogP contribution < -0.4 is 0 Å². The average Bonchev–Trinajstić information content (AvgIpc) is 3.22. The molecule has 180 valence electrons. The maximum atomic E-state index is 13.4. The Balaban J connectivity index is 1.82. The van der Waals surface area contributed by atoms with Gasteiger partial charge in [0.2, 0.25) is 5.91 Å². The third-order valence-corrected chi connectivity index (χ3v) is 6.24. The number of halogens is 3. The van der Waals surface area contributed by atoms with Crippen LogP contribution in [-0.2, 0) is 24.1 Å². The summed E-state index contributed by atoms with van der Waals surface area (Å²) in [6, 6.07) is 17.8. The summed E-state index contributed by atoms with van der Waals surface area (Å²) in [5.74, 6) is -0.850. The fourth-order valence-electron chi connectivity index (χ4n) is 3.59. The maximum Gasteiger partial charge on any atom is 0.416 e. The van der Waals surface area contributed by atoms with E-state index < -0.39 is 17.6 Å². The molecule has 0 aliphatic carbocycles. The Morgan fingerprint density at radius 3 is 2.26 bits per heavy atom. The zero-order valence-corrected chi connectivity index (χ0v) is 20.0. The first kappa shape index (κ1) is 25.5. The second-order valence-corrected chi connectivity index (χ2v) is 9.43. The number of hydrogen-bond donors (Lipinski definition) is 0. The zero-order valence-electron chi connectivity index (χ0n) is 19.1. The van der Waals surface area contributed by atoms with Gasteiger partial charge in [-0.2, -0.15) is 13.2 Å². The molecule has 2 amide bonds. The number of amides is 2. The lowest BCUT2D eigenvalue weighted by molar-refractivity contribution is -0.137. The topological polar surface area (TPSA) is 40.6 Å². The van der Waals surface area contributed by atoms with Gasteiger partial charge in [-0.25, -0.2) is 0 Å².